The van der Waals surface area contributed by atoms with Crippen molar-refractivity contribution in [3.63, 3.8) is 0 Å². The lowest BCUT2D eigenvalue weighted by Gasteiger charge is -2.14. The maximum atomic E-state index is 12.4. The van der Waals surface area contributed by atoms with Crippen molar-refractivity contribution >= 4 is 21.7 Å². The van der Waals surface area contributed by atoms with Crippen LogP contribution in [-0.2, 0) is 15.0 Å². The summed E-state index contributed by atoms with van der Waals surface area (Å²) < 4.78 is 35.7. The van der Waals surface area contributed by atoms with Crippen molar-refractivity contribution in [3.8, 4) is 11.5 Å². The highest BCUT2D eigenvalue weighted by atomic mass is 35.5. The Morgan fingerprint density at radius 1 is 1.08 bits per heavy atom. The molecule has 8 heteroatoms. The van der Waals surface area contributed by atoms with E-state index in [2.05, 4.69) is 4.84 Å². The number of ether oxygens (including phenoxy) is 1. The van der Waals surface area contributed by atoms with Crippen LogP contribution in [0.15, 0.2) is 47.4 Å². The summed E-state index contributed by atoms with van der Waals surface area (Å²) in [6.45, 7) is 2.51. The molecular formula is C16H18ClNO5S. The molecule has 0 heterocycles. The van der Waals surface area contributed by atoms with Crippen LogP contribution in [0.2, 0.25) is 5.02 Å². The van der Waals surface area contributed by atoms with Crippen molar-refractivity contribution in [1.82, 2.24) is 0 Å². The van der Waals surface area contributed by atoms with Crippen LogP contribution in [0.4, 0.5) is 0 Å². The minimum absolute atomic E-state index is 0.0900. The zero-order valence-electron chi connectivity index (χ0n) is 13.1. The van der Waals surface area contributed by atoms with Crippen molar-refractivity contribution in [2.45, 2.75) is 18.2 Å². The smallest absolute Gasteiger partial charge is 0.340 e. The Bertz CT molecular complexity index is 795. The average Bonchev–Trinajstić information content (AvgIpc) is 2.54. The summed E-state index contributed by atoms with van der Waals surface area (Å²) >= 11 is 5.94. The molecule has 130 valence electrons. The number of rotatable bonds is 8. The SMILES string of the molecule is Cc1ccc(OS(=O)(=O)c2ccccc2Cl)c(OCCCON)c1. The lowest BCUT2D eigenvalue weighted by Crippen LogP contribution is -2.12. The number of aryl methyl sites for hydroxylation is 1. The normalized spacial score (nSPS) is 11.3. The van der Waals surface area contributed by atoms with E-state index in [0.717, 1.165) is 5.56 Å². The first-order chi connectivity index (χ1) is 11.4. The largest absolute Gasteiger partial charge is 0.490 e. The first kappa shape index (κ1) is 18.5. The van der Waals surface area contributed by atoms with E-state index in [0.29, 0.717) is 25.4 Å². The molecule has 0 radical (unpaired) electrons. The molecule has 0 aromatic heterocycles. The third kappa shape index (κ3) is 4.85. The van der Waals surface area contributed by atoms with Crippen LogP contribution < -0.4 is 14.8 Å². The van der Waals surface area contributed by atoms with Gasteiger partial charge >= 0.3 is 10.1 Å². The predicted octanol–water partition coefficient (Wildman–Crippen LogP) is 3.08. The van der Waals surface area contributed by atoms with Gasteiger partial charge in [0.15, 0.2) is 11.5 Å². The predicted molar refractivity (Wildman–Crippen MR) is 90.7 cm³/mol. The maximum absolute atomic E-state index is 12.4. The molecule has 0 aliphatic heterocycles. The molecular weight excluding hydrogens is 354 g/mol. The van der Waals surface area contributed by atoms with E-state index in [1.165, 1.54) is 12.1 Å². The van der Waals surface area contributed by atoms with Gasteiger partial charge in [0.25, 0.3) is 0 Å². The van der Waals surface area contributed by atoms with E-state index in [4.69, 9.17) is 26.4 Å². The Balaban J connectivity index is 2.24. The van der Waals surface area contributed by atoms with Crippen LogP contribution in [0.1, 0.15) is 12.0 Å². The Kier molecular flexibility index (Phi) is 6.44. The topological polar surface area (TPSA) is 87.9 Å². The first-order valence-corrected chi connectivity index (χ1v) is 8.97. The monoisotopic (exact) mass is 371 g/mol. The van der Waals surface area contributed by atoms with E-state index < -0.39 is 10.1 Å². The third-order valence-electron chi connectivity index (χ3n) is 3.07. The molecule has 0 aliphatic rings. The average molecular weight is 372 g/mol. The van der Waals surface area contributed by atoms with Crippen LogP contribution in [0.25, 0.3) is 0 Å². The van der Waals surface area contributed by atoms with Gasteiger partial charge < -0.3 is 13.8 Å². The molecule has 0 saturated carbocycles. The van der Waals surface area contributed by atoms with Gasteiger partial charge in [-0.25, -0.2) is 5.90 Å². The lowest BCUT2D eigenvalue weighted by molar-refractivity contribution is 0.122. The second-order valence-corrected chi connectivity index (χ2v) is 6.91. The summed E-state index contributed by atoms with van der Waals surface area (Å²) in [7, 11) is -4.07. The highest BCUT2D eigenvalue weighted by Gasteiger charge is 2.22. The fourth-order valence-corrected chi connectivity index (χ4v) is 3.37. The van der Waals surface area contributed by atoms with E-state index in [1.807, 2.05) is 6.92 Å². The minimum atomic E-state index is -4.07. The van der Waals surface area contributed by atoms with Gasteiger partial charge in [0.1, 0.15) is 4.90 Å². The third-order valence-corrected chi connectivity index (χ3v) is 4.80. The van der Waals surface area contributed by atoms with Crippen LogP contribution in [0, 0.1) is 6.92 Å². The van der Waals surface area contributed by atoms with Crippen molar-refractivity contribution < 1.29 is 22.2 Å². The second-order valence-electron chi connectivity index (χ2n) is 4.99. The van der Waals surface area contributed by atoms with Crippen molar-refractivity contribution in [2.75, 3.05) is 13.2 Å². The molecule has 2 N–H and O–H groups in total. The molecule has 0 fully saturated rings. The summed E-state index contributed by atoms with van der Waals surface area (Å²) in [4.78, 5) is 4.36. The summed E-state index contributed by atoms with van der Waals surface area (Å²) in [5.74, 6) is 5.37. The van der Waals surface area contributed by atoms with Gasteiger partial charge in [0, 0.05) is 6.42 Å². The number of hydrogen-bond donors (Lipinski definition) is 1. The van der Waals surface area contributed by atoms with Crippen LogP contribution in [-0.4, -0.2) is 21.6 Å². The van der Waals surface area contributed by atoms with Gasteiger partial charge in [-0.05, 0) is 36.8 Å². The molecule has 0 saturated heterocycles. The molecule has 0 unspecified atom stereocenters. The quantitative estimate of drug-likeness (QED) is 0.436. The highest BCUT2D eigenvalue weighted by molar-refractivity contribution is 7.87. The standard InChI is InChI=1S/C16H18ClNO5S/c1-12-7-8-14(15(11-12)21-9-4-10-22-18)23-24(19,20)16-6-3-2-5-13(16)17/h2-3,5-8,11H,4,9-10,18H2,1H3. The summed E-state index contributed by atoms with van der Waals surface area (Å²) in [5.41, 5.74) is 0.905. The Morgan fingerprint density at radius 3 is 2.54 bits per heavy atom. The van der Waals surface area contributed by atoms with Crippen molar-refractivity contribution in [2.24, 2.45) is 5.90 Å². The summed E-state index contributed by atoms with van der Waals surface area (Å²) in [6, 6.07) is 11.0. The van der Waals surface area contributed by atoms with Crippen molar-refractivity contribution in [3.05, 3.63) is 53.1 Å². The van der Waals surface area contributed by atoms with E-state index in [9.17, 15) is 8.42 Å². The van der Waals surface area contributed by atoms with E-state index in [-0.39, 0.29) is 15.7 Å². The van der Waals surface area contributed by atoms with Gasteiger partial charge in [-0.3, -0.25) is 0 Å². The molecule has 0 amide bonds. The van der Waals surface area contributed by atoms with Crippen LogP contribution >= 0.6 is 11.6 Å². The molecule has 2 aromatic rings. The molecule has 0 atom stereocenters. The molecule has 0 spiro atoms. The number of hydrogen-bond acceptors (Lipinski definition) is 6. The molecule has 6 nitrogen and oxygen atoms in total. The number of benzene rings is 2. The second kappa shape index (κ2) is 8.34. The van der Waals surface area contributed by atoms with Gasteiger partial charge in [-0.15, -0.1) is 0 Å². The van der Waals surface area contributed by atoms with E-state index in [1.54, 1.807) is 30.3 Å². The fraction of sp³-hybridized carbons (Fsp3) is 0.250. The molecule has 0 bridgehead atoms. The summed E-state index contributed by atoms with van der Waals surface area (Å²) in [6.07, 6.45) is 0.557. The highest BCUT2D eigenvalue weighted by Crippen LogP contribution is 2.32. The lowest BCUT2D eigenvalue weighted by atomic mass is 10.2. The minimum Gasteiger partial charge on any atom is -0.490 e. The Labute approximate surface area is 146 Å². The molecule has 2 aromatic carbocycles. The van der Waals surface area contributed by atoms with Gasteiger partial charge in [0.05, 0.1) is 18.2 Å². The van der Waals surface area contributed by atoms with Crippen LogP contribution in [0.5, 0.6) is 11.5 Å². The maximum Gasteiger partial charge on any atom is 0.340 e. The van der Waals surface area contributed by atoms with Gasteiger partial charge in [-0.2, -0.15) is 8.42 Å². The van der Waals surface area contributed by atoms with E-state index >= 15 is 0 Å². The van der Waals surface area contributed by atoms with Crippen molar-refractivity contribution in [1.29, 1.82) is 0 Å². The fourth-order valence-electron chi connectivity index (χ4n) is 1.93. The first-order valence-electron chi connectivity index (χ1n) is 7.18. The zero-order valence-corrected chi connectivity index (χ0v) is 14.6. The summed E-state index contributed by atoms with van der Waals surface area (Å²) in [5, 5.41) is 0.0900. The molecule has 24 heavy (non-hydrogen) atoms. The van der Waals surface area contributed by atoms with Gasteiger partial charge in [-0.1, -0.05) is 29.8 Å². The molecule has 0 aliphatic carbocycles. The zero-order chi connectivity index (χ0) is 17.6. The Hall–Kier alpha value is -1.80. The Morgan fingerprint density at radius 2 is 1.83 bits per heavy atom. The molecule has 2 rings (SSSR count). The number of nitrogens with two attached hydrogens (primary N) is 1. The number of halogens is 1. The van der Waals surface area contributed by atoms with Gasteiger partial charge in [0.2, 0.25) is 0 Å². The van der Waals surface area contributed by atoms with Crippen LogP contribution in [0.3, 0.4) is 0 Å².